The van der Waals surface area contributed by atoms with Crippen LogP contribution < -0.4 is 5.76 Å². The highest BCUT2D eigenvalue weighted by Gasteiger charge is 2.21. The Morgan fingerprint density at radius 2 is 1.87 bits per heavy atom. The highest BCUT2D eigenvalue weighted by Crippen LogP contribution is 2.20. The molecule has 30 heavy (non-hydrogen) atoms. The van der Waals surface area contributed by atoms with Crippen LogP contribution in [0.4, 0.5) is 4.39 Å². The van der Waals surface area contributed by atoms with Gasteiger partial charge in [-0.15, -0.1) is 0 Å². The Hall–Kier alpha value is -2.64. The van der Waals surface area contributed by atoms with Gasteiger partial charge in [0, 0.05) is 50.7 Å². The van der Waals surface area contributed by atoms with Crippen molar-refractivity contribution < 1.29 is 13.6 Å². The third kappa shape index (κ3) is 4.57. The average Bonchev–Trinajstić information content (AvgIpc) is 3.06. The van der Waals surface area contributed by atoms with Crippen LogP contribution in [0.5, 0.6) is 0 Å². The minimum atomic E-state index is -0.392. The molecule has 1 aromatic heterocycles. The molecule has 0 N–H and O–H groups in total. The van der Waals surface area contributed by atoms with Crippen molar-refractivity contribution in [1.82, 2.24) is 14.4 Å². The Morgan fingerprint density at radius 1 is 1.10 bits per heavy atom. The van der Waals surface area contributed by atoms with Crippen LogP contribution in [0.2, 0.25) is 5.02 Å². The number of carbonyl (C=O) groups is 1. The Balaban J connectivity index is 1.25. The summed E-state index contributed by atoms with van der Waals surface area (Å²) in [4.78, 5) is 28.6. The maximum atomic E-state index is 13.2. The van der Waals surface area contributed by atoms with Gasteiger partial charge in [0.25, 0.3) is 0 Å². The maximum Gasteiger partial charge on any atom is 0.419 e. The molecular formula is C22H23ClFN3O3. The molecule has 0 aliphatic carbocycles. The number of rotatable bonds is 6. The number of nitrogens with zero attached hydrogens (tertiary/aromatic N) is 3. The Morgan fingerprint density at radius 3 is 2.63 bits per heavy atom. The van der Waals surface area contributed by atoms with Gasteiger partial charge >= 0.3 is 5.76 Å². The zero-order valence-electron chi connectivity index (χ0n) is 16.5. The zero-order valence-corrected chi connectivity index (χ0v) is 17.3. The summed E-state index contributed by atoms with van der Waals surface area (Å²) in [6.45, 7) is 3.86. The molecule has 1 amide bonds. The first kappa shape index (κ1) is 20.6. The van der Waals surface area contributed by atoms with Crippen LogP contribution in [-0.2, 0) is 17.9 Å². The van der Waals surface area contributed by atoms with Gasteiger partial charge in [-0.2, -0.15) is 0 Å². The molecule has 0 radical (unpaired) electrons. The molecule has 158 valence electrons. The first-order valence-electron chi connectivity index (χ1n) is 10.0. The number of para-hydroxylation sites is 2. The van der Waals surface area contributed by atoms with E-state index in [1.165, 1.54) is 12.1 Å². The summed E-state index contributed by atoms with van der Waals surface area (Å²) in [6, 6.07) is 11.7. The Bertz CT molecular complexity index is 1100. The van der Waals surface area contributed by atoms with Gasteiger partial charge in [-0.3, -0.25) is 14.3 Å². The lowest BCUT2D eigenvalue weighted by atomic mass is 10.2. The van der Waals surface area contributed by atoms with E-state index in [9.17, 15) is 14.0 Å². The third-order valence-electron chi connectivity index (χ3n) is 5.48. The van der Waals surface area contributed by atoms with E-state index in [0.29, 0.717) is 49.6 Å². The summed E-state index contributed by atoms with van der Waals surface area (Å²) < 4.78 is 20.0. The minimum Gasteiger partial charge on any atom is -0.408 e. The quantitative estimate of drug-likeness (QED) is 0.599. The van der Waals surface area contributed by atoms with Crippen molar-refractivity contribution in [1.29, 1.82) is 0 Å². The van der Waals surface area contributed by atoms with Crippen LogP contribution in [0.25, 0.3) is 11.1 Å². The summed E-state index contributed by atoms with van der Waals surface area (Å²) in [5, 5.41) is 0.426. The van der Waals surface area contributed by atoms with Crippen LogP contribution in [0.15, 0.2) is 51.7 Å². The topological polar surface area (TPSA) is 58.7 Å². The lowest BCUT2D eigenvalue weighted by Gasteiger charge is -2.35. The fourth-order valence-corrected chi connectivity index (χ4v) is 4.05. The fourth-order valence-electron chi connectivity index (χ4n) is 3.82. The largest absolute Gasteiger partial charge is 0.419 e. The van der Waals surface area contributed by atoms with E-state index < -0.39 is 5.76 Å². The third-order valence-corrected chi connectivity index (χ3v) is 5.83. The minimum absolute atomic E-state index is 0.0929. The number of benzene rings is 2. The van der Waals surface area contributed by atoms with Crippen molar-refractivity contribution in [2.75, 3.05) is 26.2 Å². The number of carbonyl (C=O) groups excluding carboxylic acids is 1. The van der Waals surface area contributed by atoms with Gasteiger partial charge in [0.1, 0.15) is 5.82 Å². The molecule has 2 heterocycles. The van der Waals surface area contributed by atoms with Crippen molar-refractivity contribution >= 4 is 28.6 Å². The molecule has 1 aliphatic rings. The molecule has 0 saturated carbocycles. The molecule has 0 bridgehead atoms. The molecule has 4 rings (SSSR count). The number of fused-ring (bicyclic) bond motifs is 1. The molecule has 1 saturated heterocycles. The number of piperazine rings is 1. The van der Waals surface area contributed by atoms with Gasteiger partial charge in [0.05, 0.1) is 5.52 Å². The first-order valence-corrected chi connectivity index (χ1v) is 10.4. The predicted octanol–water partition coefficient (Wildman–Crippen LogP) is 3.51. The van der Waals surface area contributed by atoms with E-state index in [1.807, 2.05) is 23.1 Å². The molecule has 0 atom stereocenters. The highest BCUT2D eigenvalue weighted by molar-refractivity contribution is 6.31. The van der Waals surface area contributed by atoms with E-state index in [2.05, 4.69) is 4.90 Å². The summed E-state index contributed by atoms with van der Waals surface area (Å²) in [5.41, 5.74) is 2.20. The number of hydrogen-bond acceptors (Lipinski definition) is 4. The molecule has 6 nitrogen and oxygen atoms in total. The highest BCUT2D eigenvalue weighted by atomic mass is 35.5. The summed E-state index contributed by atoms with van der Waals surface area (Å²) in [5.74, 6) is -0.642. The summed E-state index contributed by atoms with van der Waals surface area (Å²) in [6.07, 6.45) is 0.962. The number of halogens is 2. The van der Waals surface area contributed by atoms with Gasteiger partial charge < -0.3 is 9.32 Å². The smallest absolute Gasteiger partial charge is 0.408 e. The maximum absolute atomic E-state index is 13.2. The van der Waals surface area contributed by atoms with Crippen molar-refractivity contribution in [3.8, 4) is 0 Å². The van der Waals surface area contributed by atoms with Gasteiger partial charge in [-0.25, -0.2) is 9.18 Å². The van der Waals surface area contributed by atoms with Gasteiger partial charge in [0.15, 0.2) is 5.58 Å². The van der Waals surface area contributed by atoms with E-state index in [-0.39, 0.29) is 11.7 Å². The van der Waals surface area contributed by atoms with E-state index in [1.54, 1.807) is 16.7 Å². The van der Waals surface area contributed by atoms with E-state index >= 15 is 0 Å². The molecule has 3 aromatic rings. The second-order valence-electron chi connectivity index (χ2n) is 7.48. The number of oxazole rings is 1. The number of amides is 1. The molecular weight excluding hydrogens is 409 g/mol. The van der Waals surface area contributed by atoms with Crippen molar-refractivity contribution in [3.63, 3.8) is 0 Å². The van der Waals surface area contributed by atoms with Crippen molar-refractivity contribution in [2.45, 2.75) is 25.9 Å². The van der Waals surface area contributed by atoms with Crippen LogP contribution in [-0.4, -0.2) is 46.5 Å². The number of hydrogen-bond donors (Lipinski definition) is 0. The van der Waals surface area contributed by atoms with Gasteiger partial charge in [-0.05, 0) is 36.2 Å². The molecule has 1 fully saturated rings. The first-order chi connectivity index (χ1) is 14.5. The standard InChI is InChI=1S/C22H23ClFN3O3/c23-18-14-17(24)8-7-16(18)15-25-10-12-26(13-11-25)21(28)6-3-9-27-19-4-1-2-5-20(19)30-22(27)29/h1-2,4-5,7-8,14H,3,6,9-13,15H2. The predicted molar refractivity (Wildman–Crippen MR) is 113 cm³/mol. The Labute approximate surface area is 178 Å². The SMILES string of the molecule is O=C(CCCn1c(=O)oc2ccccc21)N1CCN(Cc2ccc(F)cc2Cl)CC1. The zero-order chi connectivity index (χ0) is 21.1. The van der Waals surface area contributed by atoms with Crippen molar-refractivity contribution in [3.05, 3.63) is 69.4 Å². The number of aryl methyl sites for hydroxylation is 1. The van der Waals surface area contributed by atoms with E-state index in [4.69, 9.17) is 16.0 Å². The second kappa shape index (κ2) is 9.02. The Kier molecular flexibility index (Phi) is 6.20. The molecule has 1 aliphatic heterocycles. The summed E-state index contributed by atoms with van der Waals surface area (Å²) >= 11 is 6.11. The van der Waals surface area contributed by atoms with Crippen LogP contribution in [0.3, 0.4) is 0 Å². The van der Waals surface area contributed by atoms with Gasteiger partial charge in [-0.1, -0.05) is 29.8 Å². The molecule has 0 unspecified atom stereocenters. The molecule has 0 spiro atoms. The average molecular weight is 432 g/mol. The van der Waals surface area contributed by atoms with Crippen molar-refractivity contribution in [2.24, 2.45) is 0 Å². The van der Waals surface area contributed by atoms with Crippen LogP contribution in [0, 0.1) is 5.82 Å². The number of aromatic nitrogens is 1. The van der Waals surface area contributed by atoms with Gasteiger partial charge in [0.2, 0.25) is 5.91 Å². The molecule has 8 heteroatoms. The lowest BCUT2D eigenvalue weighted by Crippen LogP contribution is -2.48. The second-order valence-corrected chi connectivity index (χ2v) is 7.89. The van der Waals surface area contributed by atoms with Crippen LogP contribution >= 0.6 is 11.6 Å². The summed E-state index contributed by atoms with van der Waals surface area (Å²) in [7, 11) is 0. The lowest BCUT2D eigenvalue weighted by molar-refractivity contribution is -0.133. The fraction of sp³-hybridized carbons (Fsp3) is 0.364. The molecule has 2 aromatic carbocycles. The van der Waals surface area contributed by atoms with E-state index in [0.717, 1.165) is 24.2 Å². The normalized spacial score (nSPS) is 15.1. The monoisotopic (exact) mass is 431 g/mol. The van der Waals surface area contributed by atoms with Crippen LogP contribution in [0.1, 0.15) is 18.4 Å².